The van der Waals surface area contributed by atoms with Crippen molar-refractivity contribution < 1.29 is 14.3 Å². The molecule has 2 aliphatic heterocycles. The molecule has 0 unspecified atom stereocenters. The summed E-state index contributed by atoms with van der Waals surface area (Å²) in [5, 5.41) is 3.68. The molecule has 1 saturated heterocycles. The number of amides is 2. The lowest BCUT2D eigenvalue weighted by Gasteiger charge is -2.39. The second-order valence-electron chi connectivity index (χ2n) is 9.03. The number of anilines is 1. The van der Waals surface area contributed by atoms with Gasteiger partial charge in [-0.25, -0.2) is 0 Å². The maximum Gasteiger partial charge on any atom is 0.270 e. The maximum absolute atomic E-state index is 12.9. The van der Waals surface area contributed by atoms with Gasteiger partial charge in [-0.15, -0.1) is 0 Å². The molecule has 32 heavy (non-hydrogen) atoms. The number of nitrogens with one attached hydrogen (secondary N) is 1. The third-order valence-corrected chi connectivity index (χ3v) is 6.34. The number of piperidine rings is 1. The lowest BCUT2D eigenvalue weighted by Crippen LogP contribution is -2.53. The van der Waals surface area contributed by atoms with Crippen LogP contribution < -0.4 is 15.0 Å². The number of hydrogen-bond acceptors (Lipinski definition) is 4. The van der Waals surface area contributed by atoms with Gasteiger partial charge in [-0.05, 0) is 50.5 Å². The van der Waals surface area contributed by atoms with Crippen molar-refractivity contribution in [3.05, 3.63) is 59.1 Å². The first kappa shape index (κ1) is 22.6. The standard InChI is InChI=1S/C25H30ClN3O3/c1-25(2)24(31)29(21-16-19(26)8-9-22(21)32-25)15-12-23(30)27-20-10-13-28(14-11-20)17-18-6-4-3-5-7-18/h3-9,16,20H,10-15,17H2,1-2H3,(H,27,30). The molecular weight excluding hydrogens is 426 g/mol. The first-order valence-corrected chi connectivity index (χ1v) is 11.6. The summed E-state index contributed by atoms with van der Waals surface area (Å²) in [5.74, 6) is 0.395. The lowest BCUT2D eigenvalue weighted by molar-refractivity contribution is -0.132. The Kier molecular flexibility index (Phi) is 6.72. The number of likely N-dealkylation sites (tertiary alicyclic amines) is 1. The maximum atomic E-state index is 12.9. The van der Waals surface area contributed by atoms with E-state index >= 15 is 0 Å². The minimum Gasteiger partial charge on any atom is -0.476 e. The third kappa shape index (κ3) is 5.25. The first-order chi connectivity index (χ1) is 15.3. The van der Waals surface area contributed by atoms with Gasteiger partial charge in [-0.1, -0.05) is 41.9 Å². The highest BCUT2D eigenvalue weighted by atomic mass is 35.5. The van der Waals surface area contributed by atoms with Crippen LogP contribution in [0.5, 0.6) is 5.75 Å². The fourth-order valence-electron chi connectivity index (χ4n) is 4.35. The van der Waals surface area contributed by atoms with Gasteiger partial charge < -0.3 is 15.0 Å². The molecule has 2 heterocycles. The van der Waals surface area contributed by atoms with E-state index < -0.39 is 5.60 Å². The van der Waals surface area contributed by atoms with Crippen LogP contribution >= 0.6 is 11.6 Å². The van der Waals surface area contributed by atoms with Crippen molar-refractivity contribution in [3.63, 3.8) is 0 Å². The van der Waals surface area contributed by atoms with Crippen molar-refractivity contribution in [2.24, 2.45) is 0 Å². The normalized spacial score (nSPS) is 18.7. The summed E-state index contributed by atoms with van der Waals surface area (Å²) in [6, 6.07) is 15.8. The fraction of sp³-hybridized carbons (Fsp3) is 0.440. The van der Waals surface area contributed by atoms with E-state index in [9.17, 15) is 9.59 Å². The zero-order valence-corrected chi connectivity index (χ0v) is 19.4. The van der Waals surface area contributed by atoms with E-state index in [-0.39, 0.29) is 30.8 Å². The Morgan fingerprint density at radius 1 is 1.16 bits per heavy atom. The van der Waals surface area contributed by atoms with Gasteiger partial charge in [0, 0.05) is 43.7 Å². The molecule has 1 N–H and O–H groups in total. The molecule has 170 valence electrons. The molecule has 0 atom stereocenters. The van der Waals surface area contributed by atoms with Gasteiger partial charge in [0.25, 0.3) is 5.91 Å². The highest BCUT2D eigenvalue weighted by molar-refractivity contribution is 6.31. The predicted octanol–water partition coefficient (Wildman–Crippen LogP) is 4.01. The van der Waals surface area contributed by atoms with Crippen LogP contribution in [0.1, 0.15) is 38.7 Å². The summed E-state index contributed by atoms with van der Waals surface area (Å²) in [5.41, 5.74) is 0.945. The van der Waals surface area contributed by atoms with Crippen LogP contribution in [0.15, 0.2) is 48.5 Å². The van der Waals surface area contributed by atoms with Crippen LogP contribution in [0.3, 0.4) is 0 Å². The van der Waals surface area contributed by atoms with Gasteiger partial charge in [-0.3, -0.25) is 14.5 Å². The van der Waals surface area contributed by atoms with Gasteiger partial charge in [0.1, 0.15) is 5.75 Å². The molecule has 2 aliphatic rings. The molecule has 0 spiro atoms. The predicted molar refractivity (Wildman–Crippen MR) is 126 cm³/mol. The van der Waals surface area contributed by atoms with Gasteiger partial charge in [0.05, 0.1) is 5.69 Å². The van der Waals surface area contributed by atoms with Crippen LogP contribution in [-0.2, 0) is 16.1 Å². The first-order valence-electron chi connectivity index (χ1n) is 11.2. The van der Waals surface area contributed by atoms with Crippen molar-refractivity contribution in [2.45, 2.75) is 51.3 Å². The molecule has 0 radical (unpaired) electrons. The zero-order chi connectivity index (χ0) is 22.7. The van der Waals surface area contributed by atoms with E-state index in [1.807, 2.05) is 6.07 Å². The minimum absolute atomic E-state index is 0.0350. The van der Waals surface area contributed by atoms with Crippen LogP contribution in [0.25, 0.3) is 0 Å². The summed E-state index contributed by atoms with van der Waals surface area (Å²) in [6.07, 6.45) is 2.10. The molecule has 6 nitrogen and oxygen atoms in total. The fourth-order valence-corrected chi connectivity index (χ4v) is 4.52. The number of ether oxygens (including phenoxy) is 1. The Hall–Kier alpha value is -2.57. The highest BCUT2D eigenvalue weighted by Crippen LogP contribution is 2.39. The van der Waals surface area contributed by atoms with Gasteiger partial charge in [0.2, 0.25) is 5.91 Å². The summed E-state index contributed by atoms with van der Waals surface area (Å²) in [6.45, 7) is 6.63. The lowest BCUT2D eigenvalue weighted by atomic mass is 10.0. The number of carbonyl (C=O) groups is 2. The Balaban J connectivity index is 1.29. The van der Waals surface area contributed by atoms with Crippen molar-refractivity contribution in [1.82, 2.24) is 10.2 Å². The van der Waals surface area contributed by atoms with E-state index in [1.54, 1.807) is 36.9 Å². The van der Waals surface area contributed by atoms with E-state index in [4.69, 9.17) is 16.3 Å². The molecule has 0 bridgehead atoms. The smallest absolute Gasteiger partial charge is 0.270 e. The average Bonchev–Trinajstić information content (AvgIpc) is 2.77. The highest BCUT2D eigenvalue weighted by Gasteiger charge is 2.41. The van der Waals surface area contributed by atoms with Crippen LogP contribution in [-0.4, -0.2) is 48.0 Å². The SMILES string of the molecule is CC1(C)Oc2ccc(Cl)cc2N(CCC(=O)NC2CCN(Cc3ccccc3)CC2)C1=O. The third-order valence-electron chi connectivity index (χ3n) is 6.10. The van der Waals surface area contributed by atoms with Crippen molar-refractivity contribution in [3.8, 4) is 5.75 Å². The molecule has 0 aliphatic carbocycles. The second kappa shape index (κ2) is 9.51. The quantitative estimate of drug-likeness (QED) is 0.714. The Labute approximate surface area is 194 Å². The summed E-state index contributed by atoms with van der Waals surface area (Å²) < 4.78 is 5.84. The van der Waals surface area contributed by atoms with Crippen LogP contribution in [0.4, 0.5) is 5.69 Å². The second-order valence-corrected chi connectivity index (χ2v) is 9.47. The molecule has 0 saturated carbocycles. The number of nitrogens with zero attached hydrogens (tertiary/aromatic N) is 2. The number of rotatable bonds is 6. The number of carbonyl (C=O) groups excluding carboxylic acids is 2. The van der Waals surface area contributed by atoms with Gasteiger partial charge >= 0.3 is 0 Å². The number of halogens is 1. The largest absolute Gasteiger partial charge is 0.476 e. The van der Waals surface area contributed by atoms with E-state index in [1.165, 1.54) is 5.56 Å². The van der Waals surface area contributed by atoms with Gasteiger partial charge in [-0.2, -0.15) is 0 Å². The average molecular weight is 456 g/mol. The molecule has 0 aromatic heterocycles. The van der Waals surface area contributed by atoms with Crippen LogP contribution in [0, 0.1) is 0 Å². The van der Waals surface area contributed by atoms with E-state index in [0.717, 1.165) is 32.5 Å². The number of benzene rings is 2. The molecule has 7 heteroatoms. The van der Waals surface area contributed by atoms with Crippen LogP contribution in [0.2, 0.25) is 5.02 Å². The Morgan fingerprint density at radius 2 is 1.88 bits per heavy atom. The topological polar surface area (TPSA) is 61.9 Å². The Bertz CT molecular complexity index is 972. The van der Waals surface area contributed by atoms with Crippen molar-refractivity contribution >= 4 is 29.1 Å². The monoisotopic (exact) mass is 455 g/mol. The van der Waals surface area contributed by atoms with Crippen molar-refractivity contribution in [1.29, 1.82) is 0 Å². The van der Waals surface area contributed by atoms with E-state index in [2.05, 4.69) is 34.5 Å². The van der Waals surface area contributed by atoms with Gasteiger partial charge in [0.15, 0.2) is 5.60 Å². The molecule has 4 rings (SSSR count). The molecular formula is C25H30ClN3O3. The van der Waals surface area contributed by atoms with Crippen molar-refractivity contribution in [2.75, 3.05) is 24.5 Å². The minimum atomic E-state index is -0.983. The summed E-state index contributed by atoms with van der Waals surface area (Å²) in [4.78, 5) is 29.6. The molecule has 2 aromatic carbocycles. The summed E-state index contributed by atoms with van der Waals surface area (Å²) >= 11 is 6.14. The van der Waals surface area contributed by atoms with E-state index in [0.29, 0.717) is 16.5 Å². The molecule has 2 amide bonds. The molecule has 2 aromatic rings. The number of fused-ring (bicyclic) bond motifs is 1. The summed E-state index contributed by atoms with van der Waals surface area (Å²) in [7, 11) is 0. The Morgan fingerprint density at radius 3 is 2.59 bits per heavy atom. The molecule has 1 fully saturated rings. The number of hydrogen-bond donors (Lipinski definition) is 1. The zero-order valence-electron chi connectivity index (χ0n) is 18.6.